The summed E-state index contributed by atoms with van der Waals surface area (Å²) in [6.07, 6.45) is 0.968. The van der Waals surface area contributed by atoms with Crippen molar-refractivity contribution < 1.29 is 18.8 Å². The van der Waals surface area contributed by atoms with Gasteiger partial charge in [-0.1, -0.05) is 17.3 Å². The molecule has 6 heteroatoms. The van der Waals surface area contributed by atoms with Gasteiger partial charge < -0.3 is 18.9 Å². The Morgan fingerprint density at radius 3 is 2.88 bits per heavy atom. The van der Waals surface area contributed by atoms with Crippen molar-refractivity contribution in [3.8, 4) is 5.75 Å². The molecule has 25 heavy (non-hydrogen) atoms. The predicted octanol–water partition coefficient (Wildman–Crippen LogP) is 2.53. The summed E-state index contributed by atoms with van der Waals surface area (Å²) in [5.41, 5.74) is 1.45. The quantitative estimate of drug-likeness (QED) is 0.806. The maximum atomic E-state index is 12.5. The number of carbonyl (C=O) groups excluding carboxylic acids is 1. The number of hydrogen-bond acceptors (Lipinski definition) is 5. The lowest BCUT2D eigenvalue weighted by atomic mass is 10.0. The molecule has 0 spiro atoms. The van der Waals surface area contributed by atoms with E-state index in [-0.39, 0.29) is 12.3 Å². The Bertz CT molecular complexity index is 743. The minimum Gasteiger partial charge on any atom is -0.491 e. The molecule has 6 nitrogen and oxygen atoms in total. The van der Waals surface area contributed by atoms with Crippen LogP contribution in [-0.2, 0) is 16.0 Å². The van der Waals surface area contributed by atoms with Crippen LogP contribution in [0.4, 0.5) is 0 Å². The maximum absolute atomic E-state index is 12.5. The Morgan fingerprint density at radius 2 is 2.20 bits per heavy atom. The molecule has 0 bridgehead atoms. The highest BCUT2D eigenvalue weighted by atomic mass is 16.5. The Hall–Kier alpha value is -2.34. The minimum absolute atomic E-state index is 0.0191. The van der Waals surface area contributed by atoms with Crippen LogP contribution in [0.5, 0.6) is 5.75 Å². The van der Waals surface area contributed by atoms with Gasteiger partial charge in [0.15, 0.2) is 0 Å². The van der Waals surface area contributed by atoms with Gasteiger partial charge >= 0.3 is 0 Å². The van der Waals surface area contributed by atoms with Crippen molar-refractivity contribution in [2.24, 2.45) is 0 Å². The van der Waals surface area contributed by atoms with Crippen molar-refractivity contribution in [3.05, 3.63) is 47.3 Å². The number of carbonyl (C=O) groups is 1. The van der Waals surface area contributed by atoms with Gasteiger partial charge in [0, 0.05) is 19.7 Å². The highest BCUT2D eigenvalue weighted by Crippen LogP contribution is 2.27. The third kappa shape index (κ3) is 4.20. The van der Waals surface area contributed by atoms with Crippen LogP contribution in [0.15, 0.2) is 34.9 Å². The molecule has 0 N–H and O–H groups in total. The summed E-state index contributed by atoms with van der Waals surface area (Å²) in [4.78, 5) is 14.3. The van der Waals surface area contributed by atoms with Gasteiger partial charge in [-0.2, -0.15) is 0 Å². The number of rotatable bonds is 6. The zero-order valence-electron chi connectivity index (χ0n) is 14.9. The van der Waals surface area contributed by atoms with Gasteiger partial charge in [0.05, 0.1) is 18.7 Å². The lowest BCUT2D eigenvalue weighted by Crippen LogP contribution is -2.42. The molecule has 3 rings (SSSR count). The Kier molecular flexibility index (Phi) is 5.08. The first kappa shape index (κ1) is 17.5. The van der Waals surface area contributed by atoms with E-state index in [0.29, 0.717) is 25.5 Å². The molecule has 1 unspecified atom stereocenters. The zero-order valence-corrected chi connectivity index (χ0v) is 14.9. The number of amides is 1. The summed E-state index contributed by atoms with van der Waals surface area (Å²) >= 11 is 0. The highest BCUT2D eigenvalue weighted by Gasteiger charge is 2.41. The van der Waals surface area contributed by atoms with Gasteiger partial charge in [-0.25, -0.2) is 0 Å². The third-order valence-electron chi connectivity index (χ3n) is 4.60. The number of benzene rings is 1. The number of aromatic nitrogens is 1. The standard InChI is InChI=1S/C19H24N2O4/c1-14-5-4-6-16(9-14)24-13-19(23-3)7-8-21(12-19)18(22)11-17-10-15(2)20-25-17/h4-6,9-10H,7-8,11-13H2,1-3H3. The normalized spacial score (nSPS) is 20.0. The third-order valence-corrected chi connectivity index (χ3v) is 4.60. The first-order chi connectivity index (χ1) is 12.0. The van der Waals surface area contributed by atoms with Gasteiger partial charge in [0.2, 0.25) is 5.91 Å². The van der Waals surface area contributed by atoms with Crippen molar-refractivity contribution in [3.63, 3.8) is 0 Å². The van der Waals surface area contributed by atoms with E-state index in [4.69, 9.17) is 14.0 Å². The first-order valence-corrected chi connectivity index (χ1v) is 8.44. The zero-order chi connectivity index (χ0) is 17.9. The largest absolute Gasteiger partial charge is 0.491 e. The Balaban J connectivity index is 1.59. The lowest BCUT2D eigenvalue weighted by molar-refractivity contribution is -0.131. The molecule has 1 aromatic heterocycles. The van der Waals surface area contributed by atoms with E-state index in [9.17, 15) is 4.79 Å². The smallest absolute Gasteiger partial charge is 0.230 e. The molecule has 1 aromatic carbocycles. The second-order valence-corrected chi connectivity index (χ2v) is 6.67. The molecule has 2 aromatic rings. The second-order valence-electron chi connectivity index (χ2n) is 6.67. The van der Waals surface area contributed by atoms with Crippen LogP contribution in [0.25, 0.3) is 0 Å². The van der Waals surface area contributed by atoms with E-state index >= 15 is 0 Å². The first-order valence-electron chi connectivity index (χ1n) is 8.44. The van der Waals surface area contributed by atoms with E-state index in [1.807, 2.05) is 38.1 Å². The van der Waals surface area contributed by atoms with Gasteiger partial charge in [-0.05, 0) is 38.0 Å². The molecule has 1 aliphatic rings. The average Bonchev–Trinajstić information content (AvgIpc) is 3.20. The fraction of sp³-hybridized carbons (Fsp3) is 0.474. The van der Waals surface area contributed by atoms with Crippen molar-refractivity contribution >= 4 is 5.91 Å². The van der Waals surface area contributed by atoms with Crippen LogP contribution in [0.3, 0.4) is 0 Å². The van der Waals surface area contributed by atoms with Crippen LogP contribution in [0.1, 0.15) is 23.4 Å². The van der Waals surface area contributed by atoms with Crippen molar-refractivity contribution in [2.75, 3.05) is 26.8 Å². The van der Waals surface area contributed by atoms with E-state index in [1.165, 1.54) is 0 Å². The average molecular weight is 344 g/mol. The fourth-order valence-corrected chi connectivity index (χ4v) is 3.08. The summed E-state index contributed by atoms with van der Waals surface area (Å²) in [7, 11) is 1.67. The monoisotopic (exact) mass is 344 g/mol. The highest BCUT2D eigenvalue weighted by molar-refractivity contribution is 5.78. The molecular weight excluding hydrogens is 320 g/mol. The van der Waals surface area contributed by atoms with E-state index < -0.39 is 5.60 Å². The molecule has 1 amide bonds. The molecule has 1 aliphatic heterocycles. The topological polar surface area (TPSA) is 64.8 Å². The van der Waals surface area contributed by atoms with Gasteiger partial charge in [0.25, 0.3) is 0 Å². The fourth-order valence-electron chi connectivity index (χ4n) is 3.08. The van der Waals surface area contributed by atoms with E-state index in [0.717, 1.165) is 23.4 Å². The van der Waals surface area contributed by atoms with Crippen LogP contribution in [0.2, 0.25) is 0 Å². The molecule has 2 heterocycles. The predicted molar refractivity (Wildman–Crippen MR) is 92.6 cm³/mol. The number of hydrogen-bond donors (Lipinski definition) is 0. The number of ether oxygens (including phenoxy) is 2. The summed E-state index contributed by atoms with van der Waals surface area (Å²) < 4.78 is 16.8. The Morgan fingerprint density at radius 1 is 1.36 bits per heavy atom. The molecule has 0 saturated carbocycles. The summed E-state index contributed by atoms with van der Waals surface area (Å²) in [5.74, 6) is 1.43. The number of methoxy groups -OCH3 is 1. The van der Waals surface area contributed by atoms with Crippen molar-refractivity contribution in [1.82, 2.24) is 10.1 Å². The molecule has 134 valence electrons. The summed E-state index contributed by atoms with van der Waals surface area (Å²) in [6.45, 7) is 5.45. The van der Waals surface area contributed by atoms with Gasteiger partial charge in [0.1, 0.15) is 23.7 Å². The molecular formula is C19H24N2O4. The summed E-state index contributed by atoms with van der Waals surface area (Å²) in [5, 5.41) is 3.82. The van der Waals surface area contributed by atoms with Gasteiger partial charge in [-0.3, -0.25) is 4.79 Å². The molecule has 1 fully saturated rings. The number of aryl methyl sites for hydroxylation is 2. The molecule has 1 atom stereocenters. The molecule has 0 radical (unpaired) electrons. The number of nitrogens with zero attached hydrogens (tertiary/aromatic N) is 2. The summed E-state index contributed by atoms with van der Waals surface area (Å²) in [6, 6.07) is 9.71. The van der Waals surface area contributed by atoms with Crippen LogP contribution >= 0.6 is 0 Å². The maximum Gasteiger partial charge on any atom is 0.230 e. The van der Waals surface area contributed by atoms with Crippen LogP contribution < -0.4 is 4.74 Å². The Labute approximate surface area is 147 Å². The second kappa shape index (κ2) is 7.27. The minimum atomic E-state index is -0.475. The number of likely N-dealkylation sites (tertiary alicyclic amines) is 1. The van der Waals surface area contributed by atoms with Crippen LogP contribution in [-0.4, -0.2) is 48.4 Å². The SMILES string of the molecule is COC1(COc2cccc(C)c2)CCN(C(=O)Cc2cc(C)no2)C1. The van der Waals surface area contributed by atoms with Crippen molar-refractivity contribution in [2.45, 2.75) is 32.3 Å². The van der Waals surface area contributed by atoms with Gasteiger partial charge in [-0.15, -0.1) is 0 Å². The van der Waals surface area contributed by atoms with E-state index in [2.05, 4.69) is 5.16 Å². The molecule has 1 saturated heterocycles. The van der Waals surface area contributed by atoms with Crippen molar-refractivity contribution in [1.29, 1.82) is 0 Å². The lowest BCUT2D eigenvalue weighted by Gasteiger charge is -2.28. The van der Waals surface area contributed by atoms with E-state index in [1.54, 1.807) is 18.1 Å². The molecule has 0 aliphatic carbocycles. The van der Waals surface area contributed by atoms with Crippen LogP contribution in [0, 0.1) is 13.8 Å².